The van der Waals surface area contributed by atoms with Crippen molar-refractivity contribution >= 4 is 5.91 Å². The van der Waals surface area contributed by atoms with Gasteiger partial charge in [-0.25, -0.2) is 4.39 Å². The molecule has 0 spiro atoms. The molecule has 4 heteroatoms. The first-order valence-electron chi connectivity index (χ1n) is 7.93. The number of amides is 1. The third-order valence-corrected chi connectivity index (χ3v) is 4.07. The first kappa shape index (κ1) is 16.0. The molecule has 2 rings (SSSR count). The molecule has 1 heterocycles. The van der Waals surface area contributed by atoms with Gasteiger partial charge in [0.25, 0.3) is 0 Å². The van der Waals surface area contributed by atoms with Crippen molar-refractivity contribution in [2.24, 2.45) is 0 Å². The summed E-state index contributed by atoms with van der Waals surface area (Å²) >= 11 is 0. The average Bonchev–Trinajstić information content (AvgIpc) is 2.50. The summed E-state index contributed by atoms with van der Waals surface area (Å²) in [5, 5.41) is 0. The van der Waals surface area contributed by atoms with Gasteiger partial charge in [0.15, 0.2) is 0 Å². The zero-order chi connectivity index (χ0) is 15.1. The van der Waals surface area contributed by atoms with E-state index in [0.717, 1.165) is 38.3 Å². The minimum absolute atomic E-state index is 0.148. The van der Waals surface area contributed by atoms with Crippen molar-refractivity contribution in [3.05, 3.63) is 35.6 Å². The Balaban J connectivity index is 1.74. The highest BCUT2D eigenvalue weighted by Gasteiger charge is 2.20. The molecule has 0 bridgehead atoms. The van der Waals surface area contributed by atoms with Gasteiger partial charge in [-0.2, -0.15) is 0 Å². The topological polar surface area (TPSA) is 23.6 Å². The highest BCUT2D eigenvalue weighted by atomic mass is 19.1. The Morgan fingerprint density at radius 3 is 2.38 bits per heavy atom. The molecule has 0 aromatic heterocycles. The second-order valence-electron chi connectivity index (χ2n) is 5.73. The van der Waals surface area contributed by atoms with E-state index in [1.165, 1.54) is 31.4 Å². The van der Waals surface area contributed by atoms with Crippen molar-refractivity contribution in [1.29, 1.82) is 0 Å². The van der Waals surface area contributed by atoms with Gasteiger partial charge in [-0.1, -0.05) is 31.9 Å². The van der Waals surface area contributed by atoms with Crippen LogP contribution in [0.4, 0.5) is 4.39 Å². The van der Waals surface area contributed by atoms with Crippen LogP contribution < -0.4 is 0 Å². The minimum atomic E-state index is -0.258. The lowest BCUT2D eigenvalue weighted by atomic mass is 10.1. The van der Waals surface area contributed by atoms with Gasteiger partial charge in [-0.15, -0.1) is 0 Å². The molecule has 3 nitrogen and oxygen atoms in total. The molecule has 1 saturated heterocycles. The van der Waals surface area contributed by atoms with Gasteiger partial charge in [0.05, 0.1) is 6.42 Å². The van der Waals surface area contributed by atoms with Crippen LogP contribution in [-0.2, 0) is 11.2 Å². The second kappa shape index (κ2) is 8.13. The molecule has 1 aromatic carbocycles. The van der Waals surface area contributed by atoms with Gasteiger partial charge in [-0.3, -0.25) is 9.69 Å². The summed E-state index contributed by atoms with van der Waals surface area (Å²) in [4.78, 5) is 16.6. The Morgan fingerprint density at radius 2 is 1.76 bits per heavy atom. The monoisotopic (exact) mass is 292 g/mol. The minimum Gasteiger partial charge on any atom is -0.340 e. The summed E-state index contributed by atoms with van der Waals surface area (Å²) in [6, 6.07) is 6.20. The molecular formula is C17H25FN2O. The number of piperazine rings is 1. The molecule has 0 unspecified atom stereocenters. The maximum Gasteiger partial charge on any atom is 0.227 e. The second-order valence-corrected chi connectivity index (χ2v) is 5.73. The molecule has 0 radical (unpaired) electrons. The molecule has 0 aliphatic carbocycles. The van der Waals surface area contributed by atoms with Gasteiger partial charge in [0.1, 0.15) is 5.82 Å². The molecule has 21 heavy (non-hydrogen) atoms. The van der Waals surface area contributed by atoms with Gasteiger partial charge in [-0.05, 0) is 30.7 Å². The Hall–Kier alpha value is -1.42. The van der Waals surface area contributed by atoms with E-state index in [1.54, 1.807) is 12.1 Å². The molecule has 0 saturated carbocycles. The lowest BCUT2D eigenvalue weighted by molar-refractivity contribution is -0.132. The summed E-state index contributed by atoms with van der Waals surface area (Å²) in [7, 11) is 0. The van der Waals surface area contributed by atoms with Crippen molar-refractivity contribution < 1.29 is 9.18 Å². The van der Waals surface area contributed by atoms with Crippen LogP contribution in [0.5, 0.6) is 0 Å². The van der Waals surface area contributed by atoms with Crippen molar-refractivity contribution in [3.8, 4) is 0 Å². The highest BCUT2D eigenvalue weighted by molar-refractivity contribution is 5.78. The van der Waals surface area contributed by atoms with Crippen LogP contribution in [0.2, 0.25) is 0 Å². The average molecular weight is 292 g/mol. The maximum atomic E-state index is 12.8. The number of carbonyl (C=O) groups excluding carboxylic acids is 1. The van der Waals surface area contributed by atoms with Crippen LogP contribution >= 0.6 is 0 Å². The fourth-order valence-corrected chi connectivity index (χ4v) is 2.69. The summed E-state index contributed by atoms with van der Waals surface area (Å²) in [6.07, 6.45) is 4.15. The largest absolute Gasteiger partial charge is 0.340 e. The van der Waals surface area contributed by atoms with E-state index in [0.29, 0.717) is 6.42 Å². The SMILES string of the molecule is CCCCCN1CCN(C(=O)Cc2ccc(F)cc2)CC1. The van der Waals surface area contributed by atoms with Crippen LogP contribution in [0.25, 0.3) is 0 Å². The number of rotatable bonds is 6. The molecule has 1 amide bonds. The van der Waals surface area contributed by atoms with E-state index >= 15 is 0 Å². The third-order valence-electron chi connectivity index (χ3n) is 4.07. The summed E-state index contributed by atoms with van der Waals surface area (Å²) in [6.45, 7) is 6.93. The molecule has 1 aliphatic rings. The standard InChI is InChI=1S/C17H25FN2O/c1-2-3-4-9-19-10-12-20(13-11-19)17(21)14-15-5-7-16(18)8-6-15/h5-8H,2-4,9-14H2,1H3. The zero-order valence-corrected chi connectivity index (χ0v) is 12.9. The van der Waals surface area contributed by atoms with Crippen molar-refractivity contribution in [2.45, 2.75) is 32.6 Å². The molecule has 1 fully saturated rings. The van der Waals surface area contributed by atoms with E-state index in [2.05, 4.69) is 11.8 Å². The van der Waals surface area contributed by atoms with E-state index in [9.17, 15) is 9.18 Å². The summed E-state index contributed by atoms with van der Waals surface area (Å²) in [5.74, 6) is -0.110. The third kappa shape index (κ3) is 5.12. The number of hydrogen-bond donors (Lipinski definition) is 0. The molecular weight excluding hydrogens is 267 g/mol. The number of benzene rings is 1. The van der Waals surface area contributed by atoms with Crippen LogP contribution in [0.15, 0.2) is 24.3 Å². The smallest absolute Gasteiger partial charge is 0.227 e. The van der Waals surface area contributed by atoms with Crippen LogP contribution in [0.1, 0.15) is 31.7 Å². The molecule has 1 aliphatic heterocycles. The van der Waals surface area contributed by atoms with Crippen molar-refractivity contribution in [3.63, 3.8) is 0 Å². The fraction of sp³-hybridized carbons (Fsp3) is 0.588. The molecule has 116 valence electrons. The van der Waals surface area contributed by atoms with E-state index < -0.39 is 0 Å². The van der Waals surface area contributed by atoms with E-state index in [4.69, 9.17) is 0 Å². The van der Waals surface area contributed by atoms with Gasteiger partial charge in [0.2, 0.25) is 5.91 Å². The number of hydrogen-bond acceptors (Lipinski definition) is 2. The summed E-state index contributed by atoms with van der Waals surface area (Å²) in [5.41, 5.74) is 0.881. The molecule has 0 N–H and O–H groups in total. The Bertz CT molecular complexity index is 439. The number of unbranched alkanes of at least 4 members (excludes halogenated alkanes) is 2. The van der Waals surface area contributed by atoms with Gasteiger partial charge >= 0.3 is 0 Å². The van der Waals surface area contributed by atoms with Crippen molar-refractivity contribution in [1.82, 2.24) is 9.80 Å². The van der Waals surface area contributed by atoms with Crippen molar-refractivity contribution in [2.75, 3.05) is 32.7 Å². The zero-order valence-electron chi connectivity index (χ0n) is 12.9. The predicted octanol–water partition coefficient (Wildman–Crippen LogP) is 2.70. The maximum absolute atomic E-state index is 12.8. The quantitative estimate of drug-likeness (QED) is 0.753. The van der Waals surface area contributed by atoms with Gasteiger partial charge < -0.3 is 4.90 Å². The highest BCUT2D eigenvalue weighted by Crippen LogP contribution is 2.09. The first-order valence-corrected chi connectivity index (χ1v) is 7.93. The van der Waals surface area contributed by atoms with Crippen LogP contribution in [0, 0.1) is 5.82 Å². The predicted molar refractivity (Wildman–Crippen MR) is 82.6 cm³/mol. The normalized spacial score (nSPS) is 16.2. The number of halogens is 1. The van der Waals surface area contributed by atoms with Crippen LogP contribution in [-0.4, -0.2) is 48.4 Å². The Labute approximate surface area is 126 Å². The fourth-order valence-electron chi connectivity index (χ4n) is 2.69. The molecule has 0 atom stereocenters. The van der Waals surface area contributed by atoms with E-state index in [-0.39, 0.29) is 11.7 Å². The summed E-state index contributed by atoms with van der Waals surface area (Å²) < 4.78 is 12.8. The van der Waals surface area contributed by atoms with Gasteiger partial charge in [0, 0.05) is 26.2 Å². The lowest BCUT2D eigenvalue weighted by Crippen LogP contribution is -2.49. The molecule has 1 aromatic rings. The first-order chi connectivity index (χ1) is 10.2. The van der Waals surface area contributed by atoms with E-state index in [1.807, 2.05) is 4.90 Å². The van der Waals surface area contributed by atoms with Crippen LogP contribution in [0.3, 0.4) is 0 Å². The Kier molecular flexibility index (Phi) is 6.18. The number of carbonyl (C=O) groups is 1. The number of nitrogens with zero attached hydrogens (tertiary/aromatic N) is 2. The lowest BCUT2D eigenvalue weighted by Gasteiger charge is -2.34. The Morgan fingerprint density at radius 1 is 1.10 bits per heavy atom.